The van der Waals surface area contributed by atoms with Gasteiger partial charge in [-0.15, -0.1) is 0 Å². The molecule has 1 aromatic heterocycles. The highest BCUT2D eigenvalue weighted by Crippen LogP contribution is 2.25. The molecule has 2 rings (SSSR count). The maximum atomic E-state index is 12.3. The second kappa shape index (κ2) is 6.43. The van der Waals surface area contributed by atoms with Gasteiger partial charge in [0.25, 0.3) is 5.91 Å². The largest absolute Gasteiger partial charge is 0.375 e. The van der Waals surface area contributed by atoms with Gasteiger partial charge in [-0.05, 0) is 36.0 Å². The van der Waals surface area contributed by atoms with Crippen LogP contribution in [0.4, 0.5) is 5.13 Å². The molecule has 0 saturated heterocycles. The average molecular weight is 305 g/mol. The van der Waals surface area contributed by atoms with Crippen LogP contribution in [0, 0.1) is 17.8 Å². The van der Waals surface area contributed by atoms with E-state index >= 15 is 0 Å². The van der Waals surface area contributed by atoms with E-state index in [9.17, 15) is 4.79 Å². The molecular formula is C16H23N3OS. The fourth-order valence-electron chi connectivity index (χ4n) is 2.64. The van der Waals surface area contributed by atoms with Crippen molar-refractivity contribution in [1.29, 1.82) is 0 Å². The average Bonchev–Trinajstić information content (AvgIpc) is 2.76. The van der Waals surface area contributed by atoms with Crippen molar-refractivity contribution >= 4 is 32.6 Å². The Kier molecular flexibility index (Phi) is 4.83. The molecule has 0 fully saturated rings. The number of nitrogens with zero attached hydrogens (tertiary/aromatic N) is 1. The molecule has 3 N–H and O–H groups in total. The number of nitrogen functional groups attached to an aromatic ring is 1. The van der Waals surface area contributed by atoms with Crippen molar-refractivity contribution in [2.24, 2.45) is 17.8 Å². The van der Waals surface area contributed by atoms with Gasteiger partial charge in [-0.25, -0.2) is 4.98 Å². The number of fused-ring (bicyclic) bond motifs is 1. The third-order valence-corrected chi connectivity index (χ3v) is 4.73. The number of carbonyl (C=O) groups is 1. The van der Waals surface area contributed by atoms with Gasteiger partial charge in [-0.1, -0.05) is 39.0 Å². The highest BCUT2D eigenvalue weighted by Gasteiger charge is 2.18. The molecular weight excluding hydrogens is 282 g/mol. The summed E-state index contributed by atoms with van der Waals surface area (Å²) >= 11 is 1.40. The van der Waals surface area contributed by atoms with Crippen molar-refractivity contribution in [3.8, 4) is 0 Å². The van der Waals surface area contributed by atoms with Gasteiger partial charge in [0.2, 0.25) is 0 Å². The van der Waals surface area contributed by atoms with Crippen molar-refractivity contribution in [3.05, 3.63) is 23.8 Å². The van der Waals surface area contributed by atoms with Crippen molar-refractivity contribution < 1.29 is 4.79 Å². The minimum atomic E-state index is -0.0322. The Morgan fingerprint density at radius 2 is 1.95 bits per heavy atom. The molecule has 0 saturated carbocycles. The minimum absolute atomic E-state index is 0.0322. The number of amides is 1. The molecule has 1 aromatic carbocycles. The van der Waals surface area contributed by atoms with Crippen molar-refractivity contribution in [2.75, 3.05) is 12.3 Å². The Bertz CT molecular complexity index is 625. The van der Waals surface area contributed by atoms with E-state index in [1.807, 2.05) is 12.1 Å². The van der Waals surface area contributed by atoms with Crippen LogP contribution in [0.3, 0.4) is 0 Å². The molecule has 0 spiro atoms. The molecule has 2 aromatic rings. The monoisotopic (exact) mass is 305 g/mol. The fraction of sp³-hybridized carbons (Fsp3) is 0.500. The van der Waals surface area contributed by atoms with E-state index in [1.54, 1.807) is 6.07 Å². The Balaban J connectivity index is 2.07. The number of benzene rings is 1. The molecule has 0 atom stereocenters. The first-order valence-electron chi connectivity index (χ1n) is 7.32. The number of hydrogen-bond donors (Lipinski definition) is 2. The lowest BCUT2D eigenvalue weighted by Gasteiger charge is -2.25. The lowest BCUT2D eigenvalue weighted by atomic mass is 9.85. The van der Waals surface area contributed by atoms with E-state index in [4.69, 9.17) is 5.73 Å². The van der Waals surface area contributed by atoms with Crippen LogP contribution in [0.1, 0.15) is 38.1 Å². The Morgan fingerprint density at radius 1 is 1.29 bits per heavy atom. The Morgan fingerprint density at radius 3 is 2.57 bits per heavy atom. The molecule has 4 nitrogen and oxygen atoms in total. The third kappa shape index (κ3) is 3.73. The standard InChI is InChI=1S/C16H23N3OS/c1-9(2)12(10(3)4)8-18-15(20)11-5-6-13-14(7-11)21-16(17)19-13/h5-7,9-10,12H,8H2,1-4H3,(H2,17,19)(H,18,20). The Hall–Kier alpha value is -1.62. The highest BCUT2D eigenvalue weighted by molar-refractivity contribution is 7.22. The van der Waals surface area contributed by atoms with E-state index in [-0.39, 0.29) is 5.91 Å². The predicted octanol–water partition coefficient (Wildman–Crippen LogP) is 3.54. The number of nitrogens with one attached hydrogen (secondary N) is 1. The zero-order chi connectivity index (χ0) is 15.6. The summed E-state index contributed by atoms with van der Waals surface area (Å²) in [6.45, 7) is 9.49. The van der Waals surface area contributed by atoms with Crippen LogP contribution in [-0.2, 0) is 0 Å². The number of hydrogen-bond acceptors (Lipinski definition) is 4. The number of aromatic nitrogens is 1. The second-order valence-corrected chi connectivity index (χ2v) is 7.16. The van der Waals surface area contributed by atoms with Gasteiger partial charge in [0.1, 0.15) is 0 Å². The van der Waals surface area contributed by atoms with Gasteiger partial charge in [-0.2, -0.15) is 0 Å². The van der Waals surface area contributed by atoms with Crippen LogP contribution >= 0.6 is 11.3 Å². The van der Waals surface area contributed by atoms with E-state index in [2.05, 4.69) is 38.0 Å². The molecule has 21 heavy (non-hydrogen) atoms. The van der Waals surface area contributed by atoms with Crippen LogP contribution < -0.4 is 11.1 Å². The van der Waals surface area contributed by atoms with E-state index in [1.165, 1.54) is 11.3 Å². The summed E-state index contributed by atoms with van der Waals surface area (Å²) in [4.78, 5) is 16.5. The SMILES string of the molecule is CC(C)C(CNC(=O)c1ccc2nc(N)sc2c1)C(C)C. The van der Waals surface area contributed by atoms with Gasteiger partial charge >= 0.3 is 0 Å². The molecule has 1 amide bonds. The summed E-state index contributed by atoms with van der Waals surface area (Å²) in [6.07, 6.45) is 0. The summed E-state index contributed by atoms with van der Waals surface area (Å²) < 4.78 is 0.949. The minimum Gasteiger partial charge on any atom is -0.375 e. The normalized spacial score (nSPS) is 11.8. The maximum absolute atomic E-state index is 12.3. The first kappa shape index (κ1) is 15.8. The van der Waals surface area contributed by atoms with Gasteiger partial charge < -0.3 is 11.1 Å². The van der Waals surface area contributed by atoms with Crippen LogP contribution in [0.15, 0.2) is 18.2 Å². The summed E-state index contributed by atoms with van der Waals surface area (Å²) in [7, 11) is 0. The summed E-state index contributed by atoms with van der Waals surface area (Å²) in [5.41, 5.74) is 7.20. The Labute approximate surface area is 129 Å². The van der Waals surface area contributed by atoms with Crippen LogP contribution in [0.2, 0.25) is 0 Å². The van der Waals surface area contributed by atoms with E-state index in [0.717, 1.165) is 10.2 Å². The second-order valence-electron chi connectivity index (χ2n) is 6.10. The van der Waals surface area contributed by atoms with Crippen molar-refractivity contribution in [3.63, 3.8) is 0 Å². The molecule has 0 aliphatic carbocycles. The van der Waals surface area contributed by atoms with Crippen LogP contribution in [-0.4, -0.2) is 17.4 Å². The molecule has 1 heterocycles. The zero-order valence-corrected chi connectivity index (χ0v) is 13.8. The van der Waals surface area contributed by atoms with Crippen molar-refractivity contribution in [2.45, 2.75) is 27.7 Å². The number of nitrogens with two attached hydrogens (primary N) is 1. The molecule has 0 aliphatic rings. The summed E-state index contributed by atoms with van der Waals surface area (Å²) in [5, 5.41) is 3.58. The molecule has 5 heteroatoms. The highest BCUT2D eigenvalue weighted by atomic mass is 32.1. The molecule has 0 aliphatic heterocycles. The van der Waals surface area contributed by atoms with E-state index < -0.39 is 0 Å². The lowest BCUT2D eigenvalue weighted by molar-refractivity contribution is 0.0937. The predicted molar refractivity (Wildman–Crippen MR) is 89.5 cm³/mol. The number of rotatable bonds is 5. The van der Waals surface area contributed by atoms with Gasteiger partial charge in [0.15, 0.2) is 5.13 Å². The topological polar surface area (TPSA) is 68.0 Å². The molecule has 0 bridgehead atoms. The fourth-order valence-corrected chi connectivity index (χ4v) is 3.41. The molecule has 114 valence electrons. The first-order chi connectivity index (χ1) is 9.88. The zero-order valence-electron chi connectivity index (χ0n) is 13.0. The smallest absolute Gasteiger partial charge is 0.251 e. The molecule has 0 unspecified atom stereocenters. The van der Waals surface area contributed by atoms with Crippen LogP contribution in [0.25, 0.3) is 10.2 Å². The van der Waals surface area contributed by atoms with Gasteiger partial charge in [0, 0.05) is 12.1 Å². The van der Waals surface area contributed by atoms with Crippen LogP contribution in [0.5, 0.6) is 0 Å². The molecule has 0 radical (unpaired) electrons. The number of anilines is 1. The maximum Gasteiger partial charge on any atom is 0.251 e. The number of carbonyl (C=O) groups excluding carboxylic acids is 1. The number of thiazole rings is 1. The lowest BCUT2D eigenvalue weighted by Crippen LogP contribution is -2.33. The summed E-state index contributed by atoms with van der Waals surface area (Å²) in [6, 6.07) is 5.51. The van der Waals surface area contributed by atoms with Gasteiger partial charge in [-0.3, -0.25) is 4.79 Å². The third-order valence-electron chi connectivity index (χ3n) is 3.88. The van der Waals surface area contributed by atoms with Crippen molar-refractivity contribution in [1.82, 2.24) is 10.3 Å². The summed E-state index contributed by atoms with van der Waals surface area (Å²) in [5.74, 6) is 1.55. The first-order valence-corrected chi connectivity index (χ1v) is 8.14. The van der Waals surface area contributed by atoms with Gasteiger partial charge in [0.05, 0.1) is 10.2 Å². The van der Waals surface area contributed by atoms with E-state index in [0.29, 0.717) is 35.0 Å². The quantitative estimate of drug-likeness (QED) is 0.888.